The summed E-state index contributed by atoms with van der Waals surface area (Å²) in [6, 6.07) is 14.8. The lowest BCUT2D eigenvalue weighted by atomic mass is 10.0. The molecule has 19 heteroatoms. The van der Waals surface area contributed by atoms with Crippen LogP contribution >= 0.6 is 12.6 Å². The normalized spacial score (nSPS) is 12.3. The molecule has 0 saturated carbocycles. The van der Waals surface area contributed by atoms with Gasteiger partial charge in [-0.3, -0.25) is 33.6 Å². The quantitative estimate of drug-likeness (QED) is 0.0294. The third-order valence-corrected chi connectivity index (χ3v) is 12.0. The highest BCUT2D eigenvalue weighted by Crippen LogP contribution is 2.29. The fraction of sp³-hybridized carbons (Fsp3) is 0.458. The smallest absolute Gasteiger partial charge is 0.242 e. The van der Waals surface area contributed by atoms with Gasteiger partial charge >= 0.3 is 0 Å². The highest BCUT2D eigenvalue weighted by Gasteiger charge is 2.27. The second kappa shape index (κ2) is 26.7. The molecule has 2 heterocycles. The zero-order chi connectivity index (χ0) is 48.1. The number of H-pyrrole nitrogens is 2. The number of hydrogen-bond acceptors (Lipinski definition) is 11. The van der Waals surface area contributed by atoms with Crippen LogP contribution < -0.4 is 22.1 Å². The molecule has 0 saturated heterocycles. The van der Waals surface area contributed by atoms with Crippen molar-refractivity contribution in [3.63, 3.8) is 0 Å². The number of aromatic nitrogens is 3. The van der Waals surface area contributed by atoms with Crippen molar-refractivity contribution in [1.29, 1.82) is 0 Å². The summed E-state index contributed by atoms with van der Waals surface area (Å²) in [5, 5.41) is 6.65. The first-order valence-electron chi connectivity index (χ1n) is 22.9. The molecule has 67 heavy (non-hydrogen) atoms. The van der Waals surface area contributed by atoms with Gasteiger partial charge in [-0.1, -0.05) is 55.5 Å². The van der Waals surface area contributed by atoms with Gasteiger partial charge in [0.1, 0.15) is 6.04 Å². The summed E-state index contributed by atoms with van der Waals surface area (Å²) in [5.74, 6) is -3.36. The molecular weight excluding hydrogens is 875 g/mol. The van der Waals surface area contributed by atoms with E-state index in [4.69, 9.17) is 11.5 Å². The van der Waals surface area contributed by atoms with E-state index in [0.717, 1.165) is 39.7 Å². The largest absolute Gasteiger partial charge is 0.368 e. The van der Waals surface area contributed by atoms with Crippen LogP contribution in [0.1, 0.15) is 61.4 Å². The van der Waals surface area contributed by atoms with Gasteiger partial charge in [-0.05, 0) is 67.0 Å². The Labute approximate surface area is 397 Å². The molecule has 360 valence electrons. The van der Waals surface area contributed by atoms with Crippen LogP contribution in [0.3, 0.4) is 0 Å². The maximum atomic E-state index is 14.1. The minimum absolute atomic E-state index is 0.00935. The van der Waals surface area contributed by atoms with Gasteiger partial charge in [0.05, 0.1) is 39.1 Å². The number of nitrogens with two attached hydrogens (primary N) is 2. The lowest BCUT2D eigenvalue weighted by molar-refractivity contribution is -0.143. The number of imidazole rings is 1. The zero-order valence-corrected chi connectivity index (χ0v) is 39.2. The van der Waals surface area contributed by atoms with Crippen molar-refractivity contribution < 1.29 is 33.6 Å². The number of hydrogen-bond donors (Lipinski definition) is 7. The van der Waals surface area contributed by atoms with E-state index in [1.54, 1.807) is 12.5 Å². The van der Waals surface area contributed by atoms with Crippen molar-refractivity contribution in [2.24, 2.45) is 11.5 Å². The fourth-order valence-electron chi connectivity index (χ4n) is 7.96. The van der Waals surface area contributed by atoms with Crippen LogP contribution in [0.2, 0.25) is 0 Å². The zero-order valence-electron chi connectivity index (χ0n) is 38.3. The number of benzene rings is 2. The first kappa shape index (κ1) is 51.7. The number of Topliss-reactive ketones (excluding diaryl/α,β-unsaturated/α-hetero) is 1. The molecule has 1 aliphatic rings. The standard InChI is InChI=1S/C48H65N11O7S/c1-2-21-56(29-43(61)55-42(32-67)48(50)66)46(64)30-58(24-18-36-25-53-41-11-6-5-10-40(36)41)44(62)15-14-38(60)28-57(22-7-19-49)47(65)31-59(45(63)27-51-20-16-37-26-52-33-54-37)23-17-35-13-12-34-8-3-4-9-39(34)35/h3-6,8-11,13,25-26,33,42,51,53,67H,2,7,12,14-24,27-32,49H2,1H3,(H2,50,66)(H,52,54)(H,55,61)/t42-/m0/s1. The maximum absolute atomic E-state index is 14.1. The SMILES string of the molecule is CCCN(CC(=O)N[C@@H](CS)C(N)=O)C(=O)CN(CCc1c[nH]c2ccccc12)C(=O)CCC(=O)CN(CCCN)C(=O)CN(CCC1=CCc2ccccc21)C(=O)CNCCc1cnc[nH]1. The van der Waals surface area contributed by atoms with Gasteiger partial charge in [-0.15, -0.1) is 0 Å². The van der Waals surface area contributed by atoms with Crippen LogP contribution in [-0.2, 0) is 52.8 Å². The molecule has 2 aromatic heterocycles. The number of thiol groups is 1. The first-order valence-corrected chi connectivity index (χ1v) is 23.6. The Morgan fingerprint density at radius 3 is 2.21 bits per heavy atom. The van der Waals surface area contributed by atoms with Gasteiger partial charge in [-0.2, -0.15) is 12.6 Å². The van der Waals surface area contributed by atoms with Crippen molar-refractivity contribution in [2.45, 2.75) is 64.3 Å². The average molecular weight is 940 g/mol. The monoisotopic (exact) mass is 939 g/mol. The Balaban J connectivity index is 1.24. The predicted octanol–water partition coefficient (Wildman–Crippen LogP) is 1.62. The Bertz CT molecular complexity index is 2330. The number of aromatic amines is 2. The van der Waals surface area contributed by atoms with E-state index in [9.17, 15) is 33.6 Å². The number of carbonyl (C=O) groups is 7. The van der Waals surface area contributed by atoms with E-state index in [2.05, 4.69) is 56.4 Å². The van der Waals surface area contributed by atoms with Crippen LogP contribution in [0.4, 0.5) is 0 Å². The van der Waals surface area contributed by atoms with Crippen molar-refractivity contribution in [2.75, 3.05) is 77.7 Å². The average Bonchev–Trinajstić information content (AvgIpc) is 4.10. The molecule has 0 unspecified atom stereocenters. The van der Waals surface area contributed by atoms with Gasteiger partial charge < -0.3 is 51.7 Å². The van der Waals surface area contributed by atoms with Crippen LogP contribution in [0.25, 0.3) is 16.5 Å². The number of nitrogens with zero attached hydrogens (tertiary/aromatic N) is 5. The van der Waals surface area contributed by atoms with Crippen LogP contribution in [-0.4, -0.2) is 160 Å². The predicted molar refractivity (Wildman–Crippen MR) is 259 cm³/mol. The minimum atomic E-state index is -1.02. The van der Waals surface area contributed by atoms with E-state index in [1.807, 2.05) is 49.5 Å². The van der Waals surface area contributed by atoms with Crippen molar-refractivity contribution in [1.82, 2.24) is 45.2 Å². The van der Waals surface area contributed by atoms with Gasteiger partial charge in [0.25, 0.3) is 0 Å². The number of ketones is 1. The van der Waals surface area contributed by atoms with Crippen molar-refractivity contribution in [3.05, 3.63) is 95.7 Å². The fourth-order valence-corrected chi connectivity index (χ4v) is 8.23. The molecule has 4 aromatic rings. The van der Waals surface area contributed by atoms with Crippen LogP contribution in [0.5, 0.6) is 0 Å². The van der Waals surface area contributed by atoms with Crippen LogP contribution in [0, 0.1) is 0 Å². The summed E-state index contributed by atoms with van der Waals surface area (Å²) in [5.41, 5.74) is 17.5. The Hall–Kier alpha value is -6.31. The molecule has 0 spiro atoms. The summed E-state index contributed by atoms with van der Waals surface area (Å²) in [4.78, 5) is 110. The van der Waals surface area contributed by atoms with Gasteiger partial charge in [-0.25, -0.2) is 4.98 Å². The Morgan fingerprint density at radius 2 is 1.49 bits per heavy atom. The molecule has 0 radical (unpaired) electrons. The van der Waals surface area contributed by atoms with E-state index < -0.39 is 35.6 Å². The summed E-state index contributed by atoms with van der Waals surface area (Å²) >= 11 is 4.08. The summed E-state index contributed by atoms with van der Waals surface area (Å²) < 4.78 is 0. The molecule has 1 atom stereocenters. The van der Waals surface area contributed by atoms with Crippen molar-refractivity contribution >= 4 is 70.3 Å². The number of amides is 6. The molecular formula is C48H65N11O7S. The van der Waals surface area contributed by atoms with E-state index in [0.29, 0.717) is 38.6 Å². The first-order chi connectivity index (χ1) is 32.4. The molecule has 0 fully saturated rings. The maximum Gasteiger partial charge on any atom is 0.242 e. The highest BCUT2D eigenvalue weighted by molar-refractivity contribution is 7.80. The molecule has 2 aromatic carbocycles. The summed E-state index contributed by atoms with van der Waals surface area (Å²) in [6.45, 7) is 2.19. The number of para-hydroxylation sites is 1. The molecule has 6 amide bonds. The number of nitrogens with one attached hydrogen (secondary N) is 4. The molecule has 5 rings (SSSR count). The second-order valence-corrected chi connectivity index (χ2v) is 17.0. The number of fused-ring (bicyclic) bond motifs is 2. The van der Waals surface area contributed by atoms with Gasteiger partial charge in [0, 0.05) is 86.7 Å². The van der Waals surface area contributed by atoms with E-state index in [1.165, 1.54) is 25.2 Å². The number of primary amides is 1. The van der Waals surface area contributed by atoms with Gasteiger partial charge in [0.15, 0.2) is 5.78 Å². The topological polar surface area (TPSA) is 253 Å². The lowest BCUT2D eigenvalue weighted by Crippen LogP contribution is -2.51. The minimum Gasteiger partial charge on any atom is -0.368 e. The molecule has 1 aliphatic carbocycles. The number of rotatable bonds is 30. The summed E-state index contributed by atoms with van der Waals surface area (Å²) in [7, 11) is 0. The second-order valence-electron chi connectivity index (χ2n) is 16.6. The molecule has 18 nitrogen and oxygen atoms in total. The lowest BCUT2D eigenvalue weighted by Gasteiger charge is -2.28. The van der Waals surface area contributed by atoms with E-state index >= 15 is 0 Å². The van der Waals surface area contributed by atoms with Crippen molar-refractivity contribution in [3.8, 4) is 0 Å². The van der Waals surface area contributed by atoms with Gasteiger partial charge in [0.2, 0.25) is 35.4 Å². The number of allylic oxidation sites excluding steroid dienone is 1. The van der Waals surface area contributed by atoms with Crippen LogP contribution in [0.15, 0.2) is 73.3 Å². The summed E-state index contributed by atoms with van der Waals surface area (Å²) in [6.07, 6.45) is 10.2. The molecule has 8 N–H and O–H groups in total. The van der Waals surface area contributed by atoms with E-state index in [-0.39, 0.29) is 95.7 Å². The Kier molecular flexibility index (Phi) is 20.6. The number of carbonyl (C=O) groups excluding carboxylic acids is 7. The molecule has 0 bridgehead atoms. The Morgan fingerprint density at radius 1 is 0.791 bits per heavy atom. The highest BCUT2D eigenvalue weighted by atomic mass is 32.1. The third-order valence-electron chi connectivity index (χ3n) is 11.7. The third kappa shape index (κ3) is 15.9. The molecule has 0 aliphatic heterocycles.